The Kier molecular flexibility index (Phi) is 10.0. The van der Waals surface area contributed by atoms with Crippen LogP contribution in [0.3, 0.4) is 0 Å². The third-order valence-electron chi connectivity index (χ3n) is 5.24. The van der Waals surface area contributed by atoms with Crippen molar-refractivity contribution in [2.75, 3.05) is 16.7 Å². The first-order valence-corrected chi connectivity index (χ1v) is 14.3. The van der Waals surface area contributed by atoms with Gasteiger partial charge in [0.05, 0.1) is 23.2 Å². The molecule has 6 nitrogen and oxygen atoms in total. The Morgan fingerprint density at radius 2 is 1.69 bits per heavy atom. The zero-order chi connectivity index (χ0) is 26.3. The Morgan fingerprint density at radius 1 is 1.06 bits per heavy atom. The lowest BCUT2D eigenvalue weighted by Crippen LogP contribution is -2.52. The number of benzene rings is 3. The van der Waals surface area contributed by atoms with Crippen LogP contribution in [0.5, 0.6) is 0 Å². The molecule has 1 amide bonds. The highest BCUT2D eigenvalue weighted by molar-refractivity contribution is 7.98. The van der Waals surface area contributed by atoms with Gasteiger partial charge >= 0.3 is 0 Å². The Balaban J connectivity index is 1.84. The number of anilines is 1. The number of thioether (sulfide) groups is 1. The van der Waals surface area contributed by atoms with Crippen LogP contribution >= 0.6 is 35.0 Å². The van der Waals surface area contributed by atoms with Crippen molar-refractivity contribution in [2.45, 2.75) is 29.7 Å². The second kappa shape index (κ2) is 12.8. The molecule has 0 fully saturated rings. The first-order valence-electron chi connectivity index (χ1n) is 10.9. The Morgan fingerprint density at radius 3 is 2.33 bits per heavy atom. The van der Waals surface area contributed by atoms with Crippen LogP contribution in [0.15, 0.2) is 77.7 Å². The lowest BCUT2D eigenvalue weighted by molar-refractivity contribution is -0.122. The van der Waals surface area contributed by atoms with Gasteiger partial charge in [0.2, 0.25) is 5.91 Å². The third kappa shape index (κ3) is 7.14. The molecule has 3 aromatic rings. The largest absolute Gasteiger partial charge is 0.394 e. The molecule has 0 saturated carbocycles. The number of halogens is 3. The van der Waals surface area contributed by atoms with E-state index in [-0.39, 0.29) is 22.2 Å². The average Bonchev–Trinajstić information content (AvgIpc) is 2.86. The van der Waals surface area contributed by atoms with Crippen LogP contribution < -0.4 is 9.62 Å². The summed E-state index contributed by atoms with van der Waals surface area (Å²) in [4.78, 5) is 13.0. The molecule has 3 aromatic carbocycles. The number of hydrogen-bond acceptors (Lipinski definition) is 5. The smallest absolute Gasteiger partial charge is 0.265 e. The van der Waals surface area contributed by atoms with Gasteiger partial charge in [-0.1, -0.05) is 53.5 Å². The van der Waals surface area contributed by atoms with Gasteiger partial charge in [-0.25, -0.2) is 12.8 Å². The molecule has 0 heterocycles. The van der Waals surface area contributed by atoms with Gasteiger partial charge in [-0.15, -0.1) is 0 Å². The number of nitrogens with one attached hydrogen (secondary N) is 1. The highest BCUT2D eigenvalue weighted by atomic mass is 35.5. The molecule has 0 aliphatic heterocycles. The predicted octanol–water partition coefficient (Wildman–Crippen LogP) is 5.13. The number of aliphatic hydroxyl groups excluding tert-OH is 1. The first kappa shape index (κ1) is 28.3. The molecule has 11 heteroatoms. The molecule has 36 heavy (non-hydrogen) atoms. The summed E-state index contributed by atoms with van der Waals surface area (Å²) in [6.45, 7) is 0.990. The zero-order valence-electron chi connectivity index (χ0n) is 19.3. The average molecular weight is 572 g/mol. The van der Waals surface area contributed by atoms with Gasteiger partial charge in [0, 0.05) is 21.6 Å². The quantitative estimate of drug-likeness (QED) is 0.334. The number of rotatable bonds is 11. The number of nitrogens with zero attached hydrogens (tertiary/aromatic N) is 1. The number of hydrogen-bond donors (Lipinski definition) is 2. The molecule has 192 valence electrons. The van der Waals surface area contributed by atoms with Crippen molar-refractivity contribution in [3.63, 3.8) is 0 Å². The molecule has 2 N–H and O–H groups in total. The maximum atomic E-state index is 14.8. The summed E-state index contributed by atoms with van der Waals surface area (Å²) in [5.74, 6) is -0.507. The molecule has 0 aliphatic carbocycles. The zero-order valence-corrected chi connectivity index (χ0v) is 22.4. The molecular weight excluding hydrogens is 546 g/mol. The van der Waals surface area contributed by atoms with Crippen LogP contribution in [0.4, 0.5) is 10.1 Å². The van der Waals surface area contributed by atoms with E-state index < -0.39 is 33.8 Å². The van der Waals surface area contributed by atoms with Crippen molar-refractivity contribution >= 4 is 56.6 Å². The van der Waals surface area contributed by atoms with Crippen LogP contribution in [0.25, 0.3) is 0 Å². The standard InChI is InChI=1S/C25H25Cl2FN2O4S2/c1-17(25(32)29-21(14-31)16-35-15-18-5-3-2-4-6-18)30(24-13-20(27)9-12-23(24)28)36(33,34)22-10-7-19(26)8-11-22/h2-13,17,21,31H,14-16H2,1H3,(H,29,32). The second-order valence-corrected chi connectivity index (χ2v) is 11.6. The SMILES string of the molecule is CC(C(=O)NC(CO)CSCc1ccccc1)N(c1cc(Cl)ccc1F)S(=O)(=O)c1ccc(Cl)cc1. The maximum Gasteiger partial charge on any atom is 0.265 e. The fraction of sp³-hybridized carbons (Fsp3) is 0.240. The Hall–Kier alpha value is -2.30. The monoisotopic (exact) mass is 570 g/mol. The summed E-state index contributed by atoms with van der Waals surface area (Å²) in [5, 5.41) is 12.9. The van der Waals surface area contributed by atoms with E-state index in [9.17, 15) is 22.7 Å². The molecule has 0 spiro atoms. The van der Waals surface area contributed by atoms with Crippen molar-refractivity contribution in [3.05, 3.63) is 94.2 Å². The summed E-state index contributed by atoms with van der Waals surface area (Å²) in [5.41, 5.74) is 0.717. The van der Waals surface area contributed by atoms with Crippen molar-refractivity contribution in [1.29, 1.82) is 0 Å². The molecule has 0 aliphatic rings. The molecule has 0 bridgehead atoms. The Bertz CT molecular complexity index is 1280. The predicted molar refractivity (Wildman–Crippen MR) is 144 cm³/mol. The minimum atomic E-state index is -4.40. The number of carbonyl (C=O) groups is 1. The van der Waals surface area contributed by atoms with Crippen LogP contribution in [-0.2, 0) is 20.6 Å². The molecule has 0 radical (unpaired) electrons. The number of aliphatic hydroxyl groups is 1. The van der Waals surface area contributed by atoms with E-state index in [4.69, 9.17) is 23.2 Å². The van der Waals surface area contributed by atoms with Crippen LogP contribution in [-0.4, -0.2) is 43.9 Å². The van der Waals surface area contributed by atoms with E-state index in [2.05, 4.69) is 5.32 Å². The summed E-state index contributed by atoms with van der Waals surface area (Å²) >= 11 is 13.4. The molecule has 3 rings (SSSR count). The van der Waals surface area contributed by atoms with Crippen molar-refractivity contribution < 1.29 is 22.7 Å². The van der Waals surface area contributed by atoms with E-state index in [0.29, 0.717) is 20.8 Å². The van der Waals surface area contributed by atoms with E-state index in [1.54, 1.807) is 0 Å². The van der Waals surface area contributed by atoms with E-state index in [1.807, 2.05) is 30.3 Å². The van der Waals surface area contributed by atoms with Gasteiger partial charge in [-0.3, -0.25) is 9.10 Å². The highest BCUT2D eigenvalue weighted by Crippen LogP contribution is 2.31. The third-order valence-corrected chi connectivity index (χ3v) is 8.81. The highest BCUT2D eigenvalue weighted by Gasteiger charge is 2.36. The molecule has 0 aromatic heterocycles. The molecule has 2 atom stereocenters. The van der Waals surface area contributed by atoms with E-state index in [0.717, 1.165) is 17.7 Å². The lowest BCUT2D eigenvalue weighted by atomic mass is 10.2. The summed E-state index contributed by atoms with van der Waals surface area (Å²) in [6.07, 6.45) is 0. The van der Waals surface area contributed by atoms with E-state index >= 15 is 0 Å². The Labute approximate surface area is 224 Å². The minimum Gasteiger partial charge on any atom is -0.394 e. The topological polar surface area (TPSA) is 86.7 Å². The fourth-order valence-electron chi connectivity index (χ4n) is 3.38. The first-order chi connectivity index (χ1) is 17.1. The molecule has 2 unspecified atom stereocenters. The van der Waals surface area contributed by atoms with Gasteiger partial charge in [-0.2, -0.15) is 11.8 Å². The minimum absolute atomic E-state index is 0.0980. The molecule has 0 saturated heterocycles. The van der Waals surface area contributed by atoms with Gasteiger partial charge in [0.1, 0.15) is 11.9 Å². The van der Waals surface area contributed by atoms with Crippen molar-refractivity contribution in [2.24, 2.45) is 0 Å². The van der Waals surface area contributed by atoms with Gasteiger partial charge in [0.25, 0.3) is 10.0 Å². The van der Waals surface area contributed by atoms with E-state index in [1.165, 1.54) is 49.0 Å². The summed E-state index contributed by atoms with van der Waals surface area (Å²) in [6, 6.07) is 16.5. The number of sulfonamides is 1. The fourth-order valence-corrected chi connectivity index (χ4v) is 6.31. The molecular formula is C25H25Cl2FN2O4S2. The number of amides is 1. The van der Waals surface area contributed by atoms with Crippen LogP contribution in [0.1, 0.15) is 12.5 Å². The van der Waals surface area contributed by atoms with Crippen LogP contribution in [0, 0.1) is 5.82 Å². The van der Waals surface area contributed by atoms with Crippen LogP contribution in [0.2, 0.25) is 10.0 Å². The normalized spacial score (nSPS) is 13.1. The van der Waals surface area contributed by atoms with Crippen molar-refractivity contribution in [1.82, 2.24) is 5.32 Å². The number of carbonyl (C=O) groups excluding carboxylic acids is 1. The van der Waals surface area contributed by atoms with Crippen molar-refractivity contribution in [3.8, 4) is 0 Å². The van der Waals surface area contributed by atoms with Gasteiger partial charge < -0.3 is 10.4 Å². The van der Waals surface area contributed by atoms with Gasteiger partial charge in [-0.05, 0) is 55.0 Å². The second-order valence-electron chi connectivity index (χ2n) is 7.92. The maximum absolute atomic E-state index is 14.8. The lowest BCUT2D eigenvalue weighted by Gasteiger charge is -2.31. The summed E-state index contributed by atoms with van der Waals surface area (Å²) in [7, 11) is -4.40. The summed E-state index contributed by atoms with van der Waals surface area (Å²) < 4.78 is 42.7. The van der Waals surface area contributed by atoms with Gasteiger partial charge in [0.15, 0.2) is 0 Å².